The van der Waals surface area contributed by atoms with Crippen molar-refractivity contribution in [3.8, 4) is 5.75 Å². The summed E-state index contributed by atoms with van der Waals surface area (Å²) in [4.78, 5) is 11.9. The summed E-state index contributed by atoms with van der Waals surface area (Å²) in [6.07, 6.45) is 0. The minimum absolute atomic E-state index is 0.0574. The minimum atomic E-state index is -4.06. The van der Waals surface area contributed by atoms with E-state index in [4.69, 9.17) is 16.7 Å². The highest BCUT2D eigenvalue weighted by atomic mass is 35.5. The molecule has 0 fully saturated rings. The Morgan fingerprint density at radius 3 is 2.14 bits per heavy atom. The van der Waals surface area contributed by atoms with Crippen molar-refractivity contribution in [2.45, 2.75) is 0 Å². The first-order valence-electron chi connectivity index (χ1n) is 5.73. The zero-order chi connectivity index (χ0) is 15.5. The molecule has 0 saturated carbocycles. The largest absolute Gasteiger partial charge is 0.380 e. The van der Waals surface area contributed by atoms with Crippen molar-refractivity contribution in [1.29, 1.82) is 0 Å². The van der Waals surface area contributed by atoms with Crippen molar-refractivity contribution in [3.05, 3.63) is 59.1 Å². The van der Waals surface area contributed by atoms with Gasteiger partial charge in [0.1, 0.15) is 5.75 Å². The Hall–Kier alpha value is -2.09. The fraction of sp³-hybridized carbons (Fsp3) is 0. The van der Waals surface area contributed by atoms with E-state index in [1.807, 2.05) is 0 Å². The standard InChI is InChI=1S/C13H11ClN2O4S/c14-10-3-1-9(2-4-10)13(17)16-11-5-7-12(8-6-11)20-21(15,18)19/h1-8H,(H,16,17)(H2,15,18,19). The number of carbonyl (C=O) groups is 1. The molecule has 3 N–H and O–H groups in total. The highest BCUT2D eigenvalue weighted by Gasteiger charge is 2.07. The highest BCUT2D eigenvalue weighted by molar-refractivity contribution is 7.84. The van der Waals surface area contributed by atoms with Crippen LogP contribution in [-0.2, 0) is 10.3 Å². The van der Waals surface area contributed by atoms with E-state index in [1.165, 1.54) is 24.3 Å². The molecular weight excluding hydrogens is 316 g/mol. The number of halogens is 1. The van der Waals surface area contributed by atoms with E-state index in [9.17, 15) is 13.2 Å². The monoisotopic (exact) mass is 326 g/mol. The van der Waals surface area contributed by atoms with E-state index in [-0.39, 0.29) is 11.7 Å². The van der Waals surface area contributed by atoms with Gasteiger partial charge in [-0.05, 0) is 48.5 Å². The van der Waals surface area contributed by atoms with Crippen molar-refractivity contribution in [1.82, 2.24) is 0 Å². The first-order chi connectivity index (χ1) is 9.83. The van der Waals surface area contributed by atoms with Gasteiger partial charge in [-0.1, -0.05) is 11.6 Å². The lowest BCUT2D eigenvalue weighted by molar-refractivity contribution is 0.102. The van der Waals surface area contributed by atoms with Gasteiger partial charge in [-0.25, -0.2) is 0 Å². The number of hydrogen-bond donors (Lipinski definition) is 2. The summed E-state index contributed by atoms with van der Waals surface area (Å²) in [5.74, 6) is -0.256. The van der Waals surface area contributed by atoms with E-state index in [0.29, 0.717) is 16.3 Å². The lowest BCUT2D eigenvalue weighted by Gasteiger charge is -2.07. The Morgan fingerprint density at radius 1 is 1.05 bits per heavy atom. The molecule has 0 aliphatic carbocycles. The van der Waals surface area contributed by atoms with Crippen LogP contribution in [0.5, 0.6) is 5.75 Å². The molecule has 0 aliphatic heterocycles. The first-order valence-corrected chi connectivity index (χ1v) is 7.58. The zero-order valence-electron chi connectivity index (χ0n) is 10.6. The third kappa shape index (κ3) is 4.75. The molecule has 0 aliphatic rings. The summed E-state index contributed by atoms with van der Waals surface area (Å²) >= 11 is 5.74. The summed E-state index contributed by atoms with van der Waals surface area (Å²) in [5.41, 5.74) is 0.931. The van der Waals surface area contributed by atoms with Gasteiger partial charge in [0.05, 0.1) is 0 Å². The first kappa shape index (κ1) is 15.3. The van der Waals surface area contributed by atoms with E-state index < -0.39 is 10.3 Å². The van der Waals surface area contributed by atoms with E-state index in [1.54, 1.807) is 24.3 Å². The molecule has 1 amide bonds. The molecule has 0 bridgehead atoms. The second-order valence-electron chi connectivity index (χ2n) is 4.06. The summed E-state index contributed by atoms with van der Waals surface area (Å²) < 4.78 is 26.0. The molecule has 2 aromatic carbocycles. The van der Waals surface area contributed by atoms with Gasteiger partial charge in [-0.2, -0.15) is 13.6 Å². The predicted molar refractivity (Wildman–Crippen MR) is 79.6 cm³/mol. The summed E-state index contributed by atoms with van der Waals surface area (Å²) in [5, 5.41) is 7.93. The normalized spacial score (nSPS) is 11.0. The van der Waals surface area contributed by atoms with Gasteiger partial charge < -0.3 is 9.50 Å². The molecule has 110 valence electrons. The molecule has 0 heterocycles. The van der Waals surface area contributed by atoms with Crippen LogP contribution < -0.4 is 14.6 Å². The third-order valence-corrected chi connectivity index (χ3v) is 3.11. The van der Waals surface area contributed by atoms with E-state index in [2.05, 4.69) is 9.50 Å². The molecule has 0 spiro atoms. The smallest absolute Gasteiger partial charge is 0.371 e. The van der Waals surface area contributed by atoms with Gasteiger partial charge in [0.2, 0.25) is 0 Å². The maximum Gasteiger partial charge on any atom is 0.380 e. The molecule has 0 unspecified atom stereocenters. The van der Waals surface area contributed by atoms with Crippen LogP contribution in [0.2, 0.25) is 5.02 Å². The molecule has 6 nitrogen and oxygen atoms in total. The number of nitrogens with two attached hydrogens (primary N) is 1. The molecule has 8 heteroatoms. The van der Waals surface area contributed by atoms with Crippen molar-refractivity contribution in [2.75, 3.05) is 5.32 Å². The fourth-order valence-corrected chi connectivity index (χ4v) is 2.04. The molecule has 2 rings (SSSR count). The number of anilines is 1. The van der Waals surface area contributed by atoms with Gasteiger partial charge in [0.15, 0.2) is 0 Å². The van der Waals surface area contributed by atoms with Crippen LogP contribution in [-0.4, -0.2) is 14.3 Å². The molecule has 0 aromatic heterocycles. The van der Waals surface area contributed by atoms with Crippen LogP contribution in [0.1, 0.15) is 10.4 Å². The van der Waals surface area contributed by atoms with Gasteiger partial charge in [0, 0.05) is 16.3 Å². The Kier molecular flexibility index (Phi) is 4.46. The fourth-order valence-electron chi connectivity index (χ4n) is 1.53. The van der Waals surface area contributed by atoms with Gasteiger partial charge in [0.25, 0.3) is 5.91 Å². The quantitative estimate of drug-likeness (QED) is 0.899. The molecule has 2 aromatic rings. The Balaban J connectivity index is 2.06. The molecule has 21 heavy (non-hydrogen) atoms. The number of carbonyl (C=O) groups excluding carboxylic acids is 1. The highest BCUT2D eigenvalue weighted by Crippen LogP contribution is 2.18. The number of nitrogens with one attached hydrogen (secondary N) is 1. The van der Waals surface area contributed by atoms with Gasteiger partial charge in [-0.3, -0.25) is 4.79 Å². The van der Waals surface area contributed by atoms with Crippen molar-refractivity contribution < 1.29 is 17.4 Å². The van der Waals surface area contributed by atoms with Gasteiger partial charge in [-0.15, -0.1) is 0 Å². The second kappa shape index (κ2) is 6.13. The van der Waals surface area contributed by atoms with Crippen LogP contribution in [0.3, 0.4) is 0 Å². The maximum atomic E-state index is 11.9. The molecule has 0 radical (unpaired) electrons. The van der Waals surface area contributed by atoms with E-state index >= 15 is 0 Å². The van der Waals surface area contributed by atoms with Gasteiger partial charge >= 0.3 is 10.3 Å². The molecular formula is C13H11ClN2O4S. The molecule has 0 saturated heterocycles. The Labute approximate surface area is 126 Å². The lowest BCUT2D eigenvalue weighted by Crippen LogP contribution is -2.19. The second-order valence-corrected chi connectivity index (χ2v) is 5.65. The minimum Gasteiger partial charge on any atom is -0.371 e. The van der Waals surface area contributed by atoms with Crippen molar-refractivity contribution in [3.63, 3.8) is 0 Å². The maximum absolute atomic E-state index is 11.9. The van der Waals surface area contributed by atoms with Crippen LogP contribution in [0.4, 0.5) is 5.69 Å². The van der Waals surface area contributed by atoms with Crippen LogP contribution in [0.25, 0.3) is 0 Å². The predicted octanol–water partition coefficient (Wildman–Crippen LogP) is 2.17. The topological polar surface area (TPSA) is 98.5 Å². The van der Waals surface area contributed by atoms with Crippen LogP contribution in [0, 0.1) is 0 Å². The summed E-state index contributed by atoms with van der Waals surface area (Å²) in [6.45, 7) is 0. The number of amides is 1. The van der Waals surface area contributed by atoms with E-state index in [0.717, 1.165) is 0 Å². The average molecular weight is 327 g/mol. The average Bonchev–Trinajstić information content (AvgIpc) is 2.40. The van der Waals surface area contributed by atoms with Crippen molar-refractivity contribution in [2.24, 2.45) is 5.14 Å². The third-order valence-electron chi connectivity index (χ3n) is 2.43. The SMILES string of the molecule is NS(=O)(=O)Oc1ccc(NC(=O)c2ccc(Cl)cc2)cc1. The number of hydrogen-bond acceptors (Lipinski definition) is 4. The number of benzene rings is 2. The van der Waals surface area contributed by atoms with Crippen LogP contribution in [0.15, 0.2) is 48.5 Å². The Morgan fingerprint density at radius 2 is 1.62 bits per heavy atom. The Bertz CT molecular complexity index is 743. The summed E-state index contributed by atoms with van der Waals surface area (Å²) in [7, 11) is -4.06. The zero-order valence-corrected chi connectivity index (χ0v) is 12.2. The summed E-state index contributed by atoms with van der Waals surface area (Å²) in [6, 6.07) is 12.2. The molecule has 0 atom stereocenters. The van der Waals surface area contributed by atoms with Crippen LogP contribution >= 0.6 is 11.6 Å². The van der Waals surface area contributed by atoms with Crippen molar-refractivity contribution >= 4 is 33.5 Å². The lowest BCUT2D eigenvalue weighted by atomic mass is 10.2. The number of rotatable bonds is 4.